The molecule has 0 aromatic carbocycles. The lowest BCUT2D eigenvalue weighted by Gasteiger charge is -2.22. The fraction of sp³-hybridized carbons (Fsp3) is 0.154. The zero-order valence-electron chi connectivity index (χ0n) is 11.0. The van der Waals surface area contributed by atoms with E-state index in [1.54, 1.807) is 12.1 Å². The highest BCUT2D eigenvalue weighted by Crippen LogP contribution is 2.34. The Hall–Kier alpha value is -2.74. The van der Waals surface area contributed by atoms with Crippen LogP contribution in [-0.4, -0.2) is 38.7 Å². The summed E-state index contributed by atoms with van der Waals surface area (Å²) in [5.41, 5.74) is 0.503. The van der Waals surface area contributed by atoms with Crippen LogP contribution in [-0.2, 0) is 4.74 Å². The quantitative estimate of drug-likeness (QED) is 0.861. The molecule has 8 nitrogen and oxygen atoms in total. The van der Waals surface area contributed by atoms with Crippen molar-refractivity contribution in [1.29, 1.82) is 0 Å². The van der Waals surface area contributed by atoms with Crippen molar-refractivity contribution in [2.24, 2.45) is 0 Å². The van der Waals surface area contributed by atoms with Crippen LogP contribution in [0, 0.1) is 0 Å². The van der Waals surface area contributed by atoms with Crippen LogP contribution in [0.1, 0.15) is 22.2 Å². The smallest absolute Gasteiger partial charge is 0.450 e. The number of ether oxygens (including phenoxy) is 1. The molecule has 1 aliphatic heterocycles. The van der Waals surface area contributed by atoms with E-state index in [4.69, 9.17) is 16.7 Å². The Morgan fingerprint density at radius 2 is 2.09 bits per heavy atom. The summed E-state index contributed by atoms with van der Waals surface area (Å²) in [6.45, 7) is -0.267. The first-order valence-electron chi connectivity index (χ1n) is 6.19. The van der Waals surface area contributed by atoms with Gasteiger partial charge in [0.2, 0.25) is 0 Å². The summed E-state index contributed by atoms with van der Waals surface area (Å²) < 4.78 is 4.61. The minimum absolute atomic E-state index is 0.151. The summed E-state index contributed by atoms with van der Waals surface area (Å²) in [5, 5.41) is 9.11. The van der Waals surface area contributed by atoms with Crippen molar-refractivity contribution >= 4 is 29.5 Å². The van der Waals surface area contributed by atoms with Gasteiger partial charge in [-0.05, 0) is 12.1 Å². The maximum Gasteiger partial charge on any atom is 0.505 e. The molecule has 0 aliphatic carbocycles. The van der Waals surface area contributed by atoms with Crippen molar-refractivity contribution in [2.75, 3.05) is 11.5 Å². The lowest BCUT2D eigenvalue weighted by atomic mass is 10.2. The molecule has 0 radical (unpaired) electrons. The van der Waals surface area contributed by atoms with Crippen LogP contribution in [0.15, 0.2) is 30.7 Å². The van der Waals surface area contributed by atoms with E-state index in [2.05, 4.69) is 19.7 Å². The van der Waals surface area contributed by atoms with Crippen LogP contribution < -0.4 is 4.90 Å². The summed E-state index contributed by atoms with van der Waals surface area (Å²) in [6.07, 6.45) is 2.78. The maximum atomic E-state index is 12.5. The molecular weight excluding hydrogens is 312 g/mol. The SMILES string of the molecule is O=C(O)OC[C@H]1c2nccnc2C(=O)N1c1ccc(Cl)cn1. The molecule has 3 heterocycles. The second kappa shape index (κ2) is 5.57. The van der Waals surface area contributed by atoms with Gasteiger partial charge in [-0.1, -0.05) is 11.6 Å². The minimum atomic E-state index is -1.44. The molecular formula is C13H9ClN4O4. The van der Waals surface area contributed by atoms with Crippen molar-refractivity contribution < 1.29 is 19.4 Å². The summed E-state index contributed by atoms with van der Waals surface area (Å²) in [5.74, 6) is -0.106. The van der Waals surface area contributed by atoms with E-state index in [0.717, 1.165) is 0 Å². The van der Waals surface area contributed by atoms with Crippen LogP contribution in [0.5, 0.6) is 0 Å². The van der Waals surface area contributed by atoms with Crippen LogP contribution in [0.25, 0.3) is 0 Å². The van der Waals surface area contributed by atoms with E-state index in [9.17, 15) is 9.59 Å². The number of carbonyl (C=O) groups is 2. The fourth-order valence-corrected chi connectivity index (χ4v) is 2.33. The Morgan fingerprint density at radius 1 is 1.32 bits per heavy atom. The van der Waals surface area contributed by atoms with E-state index >= 15 is 0 Å². The molecule has 0 unspecified atom stereocenters. The summed E-state index contributed by atoms with van der Waals surface area (Å²) >= 11 is 5.79. The highest BCUT2D eigenvalue weighted by molar-refractivity contribution is 6.30. The maximum absolute atomic E-state index is 12.5. The van der Waals surface area contributed by atoms with Crippen molar-refractivity contribution in [3.05, 3.63) is 47.1 Å². The topological polar surface area (TPSA) is 106 Å². The number of carbonyl (C=O) groups excluding carboxylic acids is 1. The summed E-state index contributed by atoms with van der Waals surface area (Å²) in [6, 6.07) is 2.41. The van der Waals surface area contributed by atoms with Crippen molar-refractivity contribution in [1.82, 2.24) is 15.0 Å². The predicted octanol–water partition coefficient (Wildman–Crippen LogP) is 1.92. The molecule has 1 N–H and O–H groups in total. The highest BCUT2D eigenvalue weighted by atomic mass is 35.5. The van der Waals surface area contributed by atoms with Gasteiger partial charge < -0.3 is 9.84 Å². The molecule has 0 spiro atoms. The molecule has 0 fully saturated rings. The number of hydrogen-bond acceptors (Lipinski definition) is 6. The Labute approximate surface area is 129 Å². The summed E-state index contributed by atoms with van der Waals surface area (Å²) in [4.78, 5) is 36.6. The molecule has 2 aromatic rings. The Morgan fingerprint density at radius 3 is 2.77 bits per heavy atom. The molecule has 112 valence electrons. The van der Waals surface area contributed by atoms with Gasteiger partial charge in [0.05, 0.1) is 10.7 Å². The fourth-order valence-electron chi connectivity index (χ4n) is 2.21. The number of aromatic nitrogens is 3. The number of halogens is 1. The normalized spacial score (nSPS) is 16.5. The standard InChI is InChI=1S/C13H9ClN4O4/c14-7-1-2-9(17-5-7)18-8(6-22-13(20)21)10-11(12(18)19)16-4-3-15-10/h1-5,8H,6H2,(H,20,21)/t8-/m0/s1. The Bertz CT molecular complexity index is 737. The molecule has 22 heavy (non-hydrogen) atoms. The highest BCUT2D eigenvalue weighted by Gasteiger charge is 2.41. The van der Waals surface area contributed by atoms with E-state index in [1.165, 1.54) is 23.5 Å². The number of hydrogen-bond donors (Lipinski definition) is 1. The van der Waals surface area contributed by atoms with Gasteiger partial charge in [-0.25, -0.2) is 14.8 Å². The third-order valence-electron chi connectivity index (χ3n) is 3.10. The largest absolute Gasteiger partial charge is 0.505 e. The van der Waals surface area contributed by atoms with E-state index < -0.39 is 18.1 Å². The molecule has 0 bridgehead atoms. The van der Waals surface area contributed by atoms with Crippen LogP contribution in [0.4, 0.5) is 10.6 Å². The molecule has 9 heteroatoms. The molecule has 1 amide bonds. The molecule has 0 saturated carbocycles. The van der Waals surface area contributed by atoms with Gasteiger partial charge in [0, 0.05) is 18.6 Å². The number of nitrogens with zero attached hydrogens (tertiary/aromatic N) is 4. The zero-order valence-corrected chi connectivity index (χ0v) is 11.8. The predicted molar refractivity (Wildman–Crippen MR) is 74.8 cm³/mol. The number of pyridine rings is 1. The summed E-state index contributed by atoms with van der Waals surface area (Å²) in [7, 11) is 0. The van der Waals surface area contributed by atoms with Gasteiger partial charge in [0.15, 0.2) is 5.69 Å². The second-order valence-electron chi connectivity index (χ2n) is 4.39. The Balaban J connectivity index is 2.01. The van der Waals surface area contributed by atoms with Gasteiger partial charge in [-0.3, -0.25) is 14.7 Å². The van der Waals surface area contributed by atoms with Gasteiger partial charge in [-0.15, -0.1) is 0 Å². The van der Waals surface area contributed by atoms with Crippen molar-refractivity contribution in [3.8, 4) is 0 Å². The first-order valence-corrected chi connectivity index (χ1v) is 6.57. The van der Waals surface area contributed by atoms with Crippen LogP contribution in [0.3, 0.4) is 0 Å². The first kappa shape index (κ1) is 14.2. The zero-order chi connectivity index (χ0) is 15.7. The van der Waals surface area contributed by atoms with Gasteiger partial charge in [-0.2, -0.15) is 0 Å². The first-order chi connectivity index (χ1) is 10.6. The molecule has 1 aliphatic rings. The van der Waals surface area contributed by atoms with E-state index in [-0.39, 0.29) is 12.3 Å². The lowest BCUT2D eigenvalue weighted by molar-refractivity contribution is 0.0820. The number of rotatable bonds is 3. The molecule has 3 rings (SSSR count). The third-order valence-corrected chi connectivity index (χ3v) is 3.32. The molecule has 0 saturated heterocycles. The monoisotopic (exact) mass is 320 g/mol. The Kier molecular flexibility index (Phi) is 3.60. The molecule has 2 aromatic heterocycles. The minimum Gasteiger partial charge on any atom is -0.450 e. The average molecular weight is 321 g/mol. The number of fused-ring (bicyclic) bond motifs is 1. The van der Waals surface area contributed by atoms with E-state index in [0.29, 0.717) is 16.5 Å². The number of amides is 1. The van der Waals surface area contributed by atoms with Crippen LogP contribution in [0.2, 0.25) is 5.02 Å². The van der Waals surface area contributed by atoms with E-state index in [1.807, 2.05) is 0 Å². The lowest BCUT2D eigenvalue weighted by Crippen LogP contribution is -2.32. The average Bonchev–Trinajstić information content (AvgIpc) is 2.79. The molecule has 1 atom stereocenters. The van der Waals surface area contributed by atoms with Gasteiger partial charge in [0.25, 0.3) is 5.91 Å². The van der Waals surface area contributed by atoms with Gasteiger partial charge in [0.1, 0.15) is 18.5 Å². The second-order valence-corrected chi connectivity index (χ2v) is 4.83. The van der Waals surface area contributed by atoms with Gasteiger partial charge >= 0.3 is 6.16 Å². The van der Waals surface area contributed by atoms with Crippen molar-refractivity contribution in [3.63, 3.8) is 0 Å². The third kappa shape index (κ3) is 2.44. The van der Waals surface area contributed by atoms with Crippen LogP contribution >= 0.6 is 11.6 Å². The number of carboxylic acid groups (broad SMARTS) is 1. The van der Waals surface area contributed by atoms with Crippen molar-refractivity contribution in [2.45, 2.75) is 6.04 Å². The number of anilines is 1.